The summed E-state index contributed by atoms with van der Waals surface area (Å²) in [4.78, 5) is 12.0. The molecule has 0 unspecified atom stereocenters. The van der Waals surface area contributed by atoms with Gasteiger partial charge < -0.3 is 20.1 Å². The van der Waals surface area contributed by atoms with Gasteiger partial charge in [-0.25, -0.2) is 0 Å². The average molecular weight is 352 g/mol. The van der Waals surface area contributed by atoms with Crippen LogP contribution >= 0.6 is 0 Å². The lowest BCUT2D eigenvalue weighted by Crippen LogP contribution is -2.11. The van der Waals surface area contributed by atoms with Crippen molar-refractivity contribution >= 4 is 28.9 Å². The summed E-state index contributed by atoms with van der Waals surface area (Å²) in [7, 11) is 3.20. The highest BCUT2D eigenvalue weighted by Crippen LogP contribution is 2.30. The van der Waals surface area contributed by atoms with E-state index in [9.17, 15) is 4.79 Å². The fraction of sp³-hybridized carbons (Fsp3) is 0.158. The van der Waals surface area contributed by atoms with Gasteiger partial charge in [0.05, 0.1) is 25.6 Å². The molecule has 0 bridgehead atoms. The summed E-state index contributed by atoms with van der Waals surface area (Å²) in [6.45, 7) is 1.45. The van der Waals surface area contributed by atoms with E-state index in [0.29, 0.717) is 23.1 Å². The fourth-order valence-corrected chi connectivity index (χ4v) is 2.54. The Balaban J connectivity index is 1.93. The normalized spacial score (nSPS) is 10.3. The van der Waals surface area contributed by atoms with Crippen LogP contribution in [0.1, 0.15) is 11.7 Å². The maximum atomic E-state index is 12.0. The van der Waals surface area contributed by atoms with Gasteiger partial charge in [-0.3, -0.25) is 4.79 Å². The van der Waals surface area contributed by atoms with E-state index in [1.54, 1.807) is 20.3 Å². The van der Waals surface area contributed by atoms with Crippen LogP contribution in [0.2, 0.25) is 0 Å². The summed E-state index contributed by atoms with van der Waals surface area (Å²) < 4.78 is 12.0. The number of nitrogens with one attached hydrogen (secondary N) is 2. The van der Waals surface area contributed by atoms with E-state index < -0.39 is 0 Å². The number of nitrogens with zero attached hydrogens (tertiary/aromatic N) is 2. The van der Waals surface area contributed by atoms with Gasteiger partial charge in [-0.15, -0.1) is 5.10 Å². The number of aromatic nitrogens is 2. The highest BCUT2D eigenvalue weighted by atomic mass is 16.5. The van der Waals surface area contributed by atoms with Crippen LogP contribution in [0.5, 0.6) is 11.5 Å². The SMILES string of the molecule is COc1ccccc1Nc1cc(Nc2ccccc2OC)n(C(C)=O)n1. The summed E-state index contributed by atoms with van der Waals surface area (Å²) in [5.41, 5.74) is 1.49. The van der Waals surface area contributed by atoms with Gasteiger partial charge in [0.25, 0.3) is 0 Å². The summed E-state index contributed by atoms with van der Waals surface area (Å²) in [6, 6.07) is 16.7. The average Bonchev–Trinajstić information content (AvgIpc) is 3.05. The Hall–Kier alpha value is -3.48. The van der Waals surface area contributed by atoms with Crippen LogP contribution in [-0.2, 0) is 0 Å². The molecule has 2 N–H and O–H groups in total. The number of hydrogen-bond donors (Lipinski definition) is 2. The first-order valence-corrected chi connectivity index (χ1v) is 8.03. The van der Waals surface area contributed by atoms with Crippen molar-refractivity contribution in [2.45, 2.75) is 6.92 Å². The first-order valence-electron chi connectivity index (χ1n) is 8.03. The predicted octanol–water partition coefficient (Wildman–Crippen LogP) is 4.05. The zero-order valence-corrected chi connectivity index (χ0v) is 14.8. The molecule has 0 spiro atoms. The van der Waals surface area contributed by atoms with E-state index in [4.69, 9.17) is 9.47 Å². The summed E-state index contributed by atoms with van der Waals surface area (Å²) >= 11 is 0. The predicted molar refractivity (Wildman–Crippen MR) is 101 cm³/mol. The Morgan fingerprint density at radius 3 is 2.00 bits per heavy atom. The summed E-state index contributed by atoms with van der Waals surface area (Å²) in [5, 5.41) is 10.7. The molecule has 26 heavy (non-hydrogen) atoms. The molecule has 0 saturated heterocycles. The molecule has 7 nitrogen and oxygen atoms in total. The number of methoxy groups -OCH3 is 2. The van der Waals surface area contributed by atoms with Gasteiger partial charge in [0.1, 0.15) is 17.3 Å². The van der Waals surface area contributed by atoms with Gasteiger partial charge in [-0.2, -0.15) is 4.68 Å². The third kappa shape index (κ3) is 3.61. The Morgan fingerprint density at radius 1 is 0.923 bits per heavy atom. The van der Waals surface area contributed by atoms with Gasteiger partial charge in [0.15, 0.2) is 5.82 Å². The molecule has 0 fully saturated rings. The molecule has 3 aromatic rings. The number of rotatable bonds is 6. The van der Waals surface area contributed by atoms with E-state index in [1.807, 2.05) is 48.5 Å². The molecule has 1 aromatic heterocycles. The maximum Gasteiger partial charge on any atom is 0.245 e. The van der Waals surface area contributed by atoms with Crippen molar-refractivity contribution in [3.63, 3.8) is 0 Å². The molecule has 0 aliphatic carbocycles. The van der Waals surface area contributed by atoms with Crippen molar-refractivity contribution in [2.24, 2.45) is 0 Å². The zero-order valence-electron chi connectivity index (χ0n) is 14.8. The number of hydrogen-bond acceptors (Lipinski definition) is 6. The summed E-state index contributed by atoms with van der Waals surface area (Å²) in [5.74, 6) is 2.18. The molecule has 0 saturated carbocycles. The summed E-state index contributed by atoms with van der Waals surface area (Å²) in [6.07, 6.45) is 0. The molecule has 2 aromatic carbocycles. The third-order valence-corrected chi connectivity index (χ3v) is 3.75. The molecular formula is C19H20N4O3. The molecule has 0 aliphatic heterocycles. The monoisotopic (exact) mass is 352 g/mol. The number of carbonyl (C=O) groups is 1. The van der Waals surface area contributed by atoms with E-state index in [0.717, 1.165) is 11.4 Å². The van der Waals surface area contributed by atoms with E-state index >= 15 is 0 Å². The minimum atomic E-state index is -0.213. The molecule has 0 atom stereocenters. The van der Waals surface area contributed by atoms with Crippen molar-refractivity contribution in [3.05, 3.63) is 54.6 Å². The largest absolute Gasteiger partial charge is 0.495 e. The minimum absolute atomic E-state index is 0.213. The lowest BCUT2D eigenvalue weighted by molar-refractivity contribution is 0.0924. The van der Waals surface area contributed by atoms with Gasteiger partial charge in [-0.05, 0) is 24.3 Å². The number of ether oxygens (including phenoxy) is 2. The van der Waals surface area contributed by atoms with Crippen LogP contribution in [0.15, 0.2) is 54.6 Å². The molecular weight excluding hydrogens is 332 g/mol. The molecule has 0 amide bonds. The molecule has 134 valence electrons. The Bertz CT molecular complexity index is 921. The van der Waals surface area contributed by atoms with Crippen molar-refractivity contribution in [1.82, 2.24) is 9.78 Å². The highest BCUT2D eigenvalue weighted by molar-refractivity contribution is 5.82. The van der Waals surface area contributed by atoms with Crippen LogP contribution in [0, 0.1) is 0 Å². The first kappa shape index (κ1) is 17.3. The van der Waals surface area contributed by atoms with E-state index in [1.165, 1.54) is 11.6 Å². The molecule has 7 heteroatoms. The quantitative estimate of drug-likeness (QED) is 0.697. The number of benzene rings is 2. The van der Waals surface area contributed by atoms with E-state index in [-0.39, 0.29) is 5.91 Å². The second-order valence-corrected chi connectivity index (χ2v) is 5.50. The maximum absolute atomic E-state index is 12.0. The lowest BCUT2D eigenvalue weighted by atomic mass is 10.3. The third-order valence-electron chi connectivity index (χ3n) is 3.75. The second-order valence-electron chi connectivity index (χ2n) is 5.50. The number of carbonyl (C=O) groups excluding carboxylic acids is 1. The van der Waals surface area contributed by atoms with Crippen LogP contribution < -0.4 is 20.1 Å². The standard InChI is InChI=1S/C19H20N4O3/c1-13(24)23-19(21-15-9-5-7-11-17(15)26-3)12-18(22-23)20-14-8-4-6-10-16(14)25-2/h4-12,21H,1-3H3,(H,20,22). The fourth-order valence-electron chi connectivity index (χ4n) is 2.54. The molecule has 3 rings (SSSR count). The van der Waals surface area contributed by atoms with Crippen LogP contribution in [-0.4, -0.2) is 29.9 Å². The van der Waals surface area contributed by atoms with Crippen molar-refractivity contribution in [3.8, 4) is 11.5 Å². The Morgan fingerprint density at radius 2 is 1.46 bits per heavy atom. The van der Waals surface area contributed by atoms with Crippen molar-refractivity contribution in [2.75, 3.05) is 24.9 Å². The zero-order chi connectivity index (χ0) is 18.5. The topological polar surface area (TPSA) is 77.4 Å². The van der Waals surface area contributed by atoms with Crippen LogP contribution in [0.25, 0.3) is 0 Å². The van der Waals surface area contributed by atoms with Crippen molar-refractivity contribution in [1.29, 1.82) is 0 Å². The Labute approximate surface area is 151 Å². The lowest BCUT2D eigenvalue weighted by Gasteiger charge is -2.10. The second kappa shape index (κ2) is 7.60. The number of anilines is 4. The van der Waals surface area contributed by atoms with Gasteiger partial charge >= 0.3 is 0 Å². The van der Waals surface area contributed by atoms with Crippen LogP contribution in [0.3, 0.4) is 0 Å². The minimum Gasteiger partial charge on any atom is -0.495 e. The van der Waals surface area contributed by atoms with Crippen LogP contribution in [0.4, 0.5) is 23.0 Å². The smallest absolute Gasteiger partial charge is 0.245 e. The van der Waals surface area contributed by atoms with Gasteiger partial charge in [-0.1, -0.05) is 24.3 Å². The molecule has 1 heterocycles. The Kier molecular flexibility index (Phi) is 5.07. The van der Waals surface area contributed by atoms with Gasteiger partial charge in [0.2, 0.25) is 5.91 Å². The van der Waals surface area contributed by atoms with Gasteiger partial charge in [0, 0.05) is 13.0 Å². The molecule has 0 radical (unpaired) electrons. The first-order chi connectivity index (χ1) is 12.6. The molecule has 0 aliphatic rings. The van der Waals surface area contributed by atoms with E-state index in [2.05, 4.69) is 15.7 Å². The van der Waals surface area contributed by atoms with Crippen molar-refractivity contribution < 1.29 is 14.3 Å². The number of para-hydroxylation sites is 4. The highest BCUT2D eigenvalue weighted by Gasteiger charge is 2.14.